The first-order chi connectivity index (χ1) is 14.8. The molecule has 3 aromatic heterocycles. The summed E-state index contributed by atoms with van der Waals surface area (Å²) in [6.45, 7) is 5.14. The number of carbonyl (C=O) groups excluding carboxylic acids is 1. The second kappa shape index (κ2) is 8.76. The van der Waals surface area contributed by atoms with Gasteiger partial charge < -0.3 is 16.0 Å². The lowest BCUT2D eigenvalue weighted by Crippen LogP contribution is -2.17. The van der Waals surface area contributed by atoms with Gasteiger partial charge in [-0.05, 0) is 65.9 Å². The van der Waals surface area contributed by atoms with Crippen LogP contribution >= 0.6 is 11.3 Å². The van der Waals surface area contributed by atoms with Crippen molar-refractivity contribution in [2.75, 3.05) is 31.7 Å². The second-order valence-electron chi connectivity index (χ2n) is 8.44. The Bertz CT molecular complexity index is 1080. The Balaban J connectivity index is 1.64. The second-order valence-corrected chi connectivity index (χ2v) is 9.43. The van der Waals surface area contributed by atoms with E-state index in [-0.39, 0.29) is 11.9 Å². The zero-order valence-electron chi connectivity index (χ0n) is 18.5. The molecule has 0 aromatic carbocycles. The van der Waals surface area contributed by atoms with Crippen molar-refractivity contribution in [3.8, 4) is 21.8 Å². The molecule has 0 radical (unpaired) electrons. The van der Waals surface area contributed by atoms with E-state index in [0.29, 0.717) is 17.4 Å². The lowest BCUT2D eigenvalue weighted by Gasteiger charge is -2.15. The zero-order chi connectivity index (χ0) is 22.1. The minimum atomic E-state index is 0.0131. The minimum absolute atomic E-state index is 0.0131. The number of thiazole rings is 1. The Morgan fingerprint density at radius 1 is 1.32 bits per heavy atom. The van der Waals surface area contributed by atoms with Gasteiger partial charge in [0.05, 0.1) is 22.0 Å². The van der Waals surface area contributed by atoms with Gasteiger partial charge in [0.2, 0.25) is 5.91 Å². The average molecular weight is 440 g/mol. The first kappa shape index (κ1) is 21.5. The molecule has 0 atom stereocenters. The highest BCUT2D eigenvalue weighted by Gasteiger charge is 2.30. The van der Waals surface area contributed by atoms with Crippen molar-refractivity contribution in [1.29, 1.82) is 0 Å². The van der Waals surface area contributed by atoms with Gasteiger partial charge in [-0.1, -0.05) is 11.3 Å². The zero-order valence-corrected chi connectivity index (χ0v) is 19.3. The molecule has 1 aliphatic rings. The summed E-state index contributed by atoms with van der Waals surface area (Å²) < 4.78 is 2.07. The van der Waals surface area contributed by atoms with E-state index in [1.165, 1.54) is 16.9 Å². The van der Waals surface area contributed by atoms with Crippen molar-refractivity contribution in [1.82, 2.24) is 24.6 Å². The largest absolute Gasteiger partial charge is 0.384 e. The third-order valence-electron chi connectivity index (χ3n) is 5.34. The van der Waals surface area contributed by atoms with Gasteiger partial charge in [-0.25, -0.2) is 9.97 Å². The number of aromatic nitrogens is 4. The summed E-state index contributed by atoms with van der Waals surface area (Å²) in [5.41, 5.74) is 11.0. The quantitative estimate of drug-likeness (QED) is 0.583. The number of pyridine rings is 1. The van der Waals surface area contributed by atoms with E-state index in [2.05, 4.69) is 33.7 Å². The van der Waals surface area contributed by atoms with Gasteiger partial charge in [0.15, 0.2) is 5.13 Å². The molecule has 164 valence electrons. The summed E-state index contributed by atoms with van der Waals surface area (Å²) in [6.07, 6.45) is 4.78. The highest BCUT2D eigenvalue weighted by atomic mass is 32.1. The molecule has 9 heteroatoms. The summed E-state index contributed by atoms with van der Waals surface area (Å²) in [4.78, 5) is 24.5. The number of fused-ring (bicyclic) bond motifs is 3. The van der Waals surface area contributed by atoms with E-state index in [0.717, 1.165) is 53.3 Å². The van der Waals surface area contributed by atoms with Crippen LogP contribution in [-0.2, 0) is 17.6 Å². The van der Waals surface area contributed by atoms with E-state index in [1.54, 1.807) is 12.3 Å². The predicted molar refractivity (Wildman–Crippen MR) is 125 cm³/mol. The molecule has 3 N–H and O–H groups in total. The molecule has 31 heavy (non-hydrogen) atoms. The van der Waals surface area contributed by atoms with Crippen LogP contribution in [0.25, 0.3) is 21.8 Å². The monoisotopic (exact) mass is 439 g/mol. The van der Waals surface area contributed by atoms with Crippen molar-refractivity contribution in [2.45, 2.75) is 45.6 Å². The molecule has 0 unspecified atom stereocenters. The third kappa shape index (κ3) is 4.47. The Labute approximate surface area is 186 Å². The van der Waals surface area contributed by atoms with Gasteiger partial charge >= 0.3 is 0 Å². The standard InChI is InChI=1S/C22H29N7OS/c1-13(2)29-20-15(19(27-29)14-7-10-17(23)24-12-14)8-9-16-21(20)31-22(25-16)26-18(30)6-5-11-28(3)4/h7,10,12-13H,5-6,8-9,11H2,1-4H3,(H2,23,24)(H,25,26,30). The van der Waals surface area contributed by atoms with Crippen LogP contribution in [0.15, 0.2) is 18.3 Å². The number of nitrogens with zero attached hydrogens (tertiary/aromatic N) is 5. The molecule has 0 aliphatic heterocycles. The first-order valence-electron chi connectivity index (χ1n) is 10.6. The third-order valence-corrected chi connectivity index (χ3v) is 6.36. The van der Waals surface area contributed by atoms with Crippen LogP contribution in [0, 0.1) is 0 Å². The molecule has 1 aliphatic carbocycles. The molecule has 1 amide bonds. The van der Waals surface area contributed by atoms with Crippen molar-refractivity contribution in [3.05, 3.63) is 29.6 Å². The van der Waals surface area contributed by atoms with Crippen LogP contribution < -0.4 is 11.1 Å². The molecule has 0 saturated heterocycles. The molecule has 8 nitrogen and oxygen atoms in total. The molecule has 3 heterocycles. The van der Waals surface area contributed by atoms with Crippen LogP contribution in [0.5, 0.6) is 0 Å². The van der Waals surface area contributed by atoms with E-state index in [1.807, 2.05) is 20.2 Å². The van der Waals surface area contributed by atoms with Crippen LogP contribution in [-0.4, -0.2) is 51.2 Å². The molecule has 0 bridgehead atoms. The number of hydrogen-bond acceptors (Lipinski definition) is 7. The number of nitrogens with one attached hydrogen (secondary N) is 1. The Kier molecular flexibility index (Phi) is 6.06. The number of rotatable bonds is 7. The van der Waals surface area contributed by atoms with Crippen LogP contribution in [0.1, 0.15) is 44.0 Å². The molecule has 4 rings (SSSR count). The number of hydrogen-bond donors (Lipinski definition) is 2. The fourth-order valence-electron chi connectivity index (χ4n) is 3.84. The van der Waals surface area contributed by atoms with E-state index in [4.69, 9.17) is 15.8 Å². The predicted octanol–water partition coefficient (Wildman–Crippen LogP) is 3.61. The van der Waals surface area contributed by atoms with E-state index in [9.17, 15) is 4.79 Å². The van der Waals surface area contributed by atoms with Gasteiger partial charge in [0.1, 0.15) is 5.82 Å². The lowest BCUT2D eigenvalue weighted by atomic mass is 9.95. The number of carbonyl (C=O) groups is 1. The summed E-state index contributed by atoms with van der Waals surface area (Å²) in [5.74, 6) is 0.510. The van der Waals surface area contributed by atoms with E-state index >= 15 is 0 Å². The van der Waals surface area contributed by atoms with Gasteiger partial charge in [-0.3, -0.25) is 9.48 Å². The smallest absolute Gasteiger partial charge is 0.226 e. The first-order valence-corrected chi connectivity index (χ1v) is 11.4. The maximum Gasteiger partial charge on any atom is 0.226 e. The summed E-state index contributed by atoms with van der Waals surface area (Å²) in [6, 6.07) is 3.97. The number of aryl methyl sites for hydroxylation is 1. The number of nitrogens with two attached hydrogens (primary N) is 1. The van der Waals surface area contributed by atoms with Gasteiger partial charge in [-0.15, -0.1) is 0 Å². The van der Waals surface area contributed by atoms with Crippen molar-refractivity contribution < 1.29 is 4.79 Å². The molecule has 0 saturated carbocycles. The maximum atomic E-state index is 12.3. The van der Waals surface area contributed by atoms with E-state index < -0.39 is 0 Å². The van der Waals surface area contributed by atoms with Crippen molar-refractivity contribution >= 4 is 28.2 Å². The van der Waals surface area contributed by atoms with Gasteiger partial charge in [0.25, 0.3) is 0 Å². The Morgan fingerprint density at radius 3 is 2.81 bits per heavy atom. The fourth-order valence-corrected chi connectivity index (χ4v) is 4.93. The minimum Gasteiger partial charge on any atom is -0.384 e. The maximum absolute atomic E-state index is 12.3. The molecular formula is C22H29N7OS. The average Bonchev–Trinajstić information content (AvgIpc) is 3.29. The molecule has 0 fully saturated rings. The van der Waals surface area contributed by atoms with Crippen LogP contribution in [0.4, 0.5) is 10.9 Å². The molecule has 0 spiro atoms. The summed E-state index contributed by atoms with van der Waals surface area (Å²) in [5, 5.41) is 8.60. The number of nitrogen functional groups attached to an aromatic ring is 1. The number of anilines is 2. The highest BCUT2D eigenvalue weighted by Crippen LogP contribution is 2.44. The van der Waals surface area contributed by atoms with Crippen LogP contribution in [0.3, 0.4) is 0 Å². The SMILES string of the molecule is CC(C)n1nc(-c2ccc(N)nc2)c2c1-c1sc(NC(=O)CCCN(C)C)nc1CC2. The fraction of sp³-hybridized carbons (Fsp3) is 0.455. The number of amides is 1. The normalized spacial score (nSPS) is 12.8. The highest BCUT2D eigenvalue weighted by molar-refractivity contribution is 7.19. The Hall–Kier alpha value is -2.78. The van der Waals surface area contributed by atoms with Crippen molar-refractivity contribution in [2.24, 2.45) is 0 Å². The topological polar surface area (TPSA) is 102 Å². The van der Waals surface area contributed by atoms with Crippen LogP contribution in [0.2, 0.25) is 0 Å². The lowest BCUT2D eigenvalue weighted by molar-refractivity contribution is -0.116. The summed E-state index contributed by atoms with van der Waals surface area (Å²) in [7, 11) is 4.02. The molecular weight excluding hydrogens is 410 g/mol. The Morgan fingerprint density at radius 2 is 2.13 bits per heavy atom. The van der Waals surface area contributed by atoms with Gasteiger partial charge in [-0.2, -0.15) is 5.10 Å². The molecule has 3 aromatic rings. The summed E-state index contributed by atoms with van der Waals surface area (Å²) >= 11 is 1.54. The van der Waals surface area contributed by atoms with Crippen molar-refractivity contribution in [3.63, 3.8) is 0 Å². The van der Waals surface area contributed by atoms with Gasteiger partial charge in [0, 0.05) is 29.8 Å².